The SMILES string of the molecule is Nc1nc(N)c(C(=O)N[C@H]2CCCC(C(CCCCCc3ccc(OCC(=O)N4CCC(O)CC4)cc3)CCCc3ccc(OCC(=O)N4CCC(O)CC4)cc3)CC2)nc1Cl. The summed E-state index contributed by atoms with van der Waals surface area (Å²) < 4.78 is 11.6. The number of ether oxygens (including phenoxy) is 2. The molecule has 7 N–H and O–H groups in total. The van der Waals surface area contributed by atoms with Gasteiger partial charge in [-0.3, -0.25) is 14.4 Å². The molecule has 14 nitrogen and oxygen atoms in total. The Labute approximate surface area is 371 Å². The van der Waals surface area contributed by atoms with E-state index in [4.69, 9.17) is 32.5 Å². The summed E-state index contributed by atoms with van der Waals surface area (Å²) in [6.07, 6.45) is 15.4. The maximum Gasteiger partial charge on any atom is 0.274 e. The minimum atomic E-state index is -0.380. The van der Waals surface area contributed by atoms with Crippen molar-refractivity contribution in [2.24, 2.45) is 11.8 Å². The zero-order chi connectivity index (χ0) is 43.8. The van der Waals surface area contributed by atoms with Crippen molar-refractivity contribution in [2.75, 3.05) is 50.9 Å². The van der Waals surface area contributed by atoms with Crippen LogP contribution in [-0.2, 0) is 22.4 Å². The molecule has 1 saturated carbocycles. The quantitative estimate of drug-likeness (QED) is 0.0683. The van der Waals surface area contributed by atoms with Gasteiger partial charge < -0.3 is 46.3 Å². The van der Waals surface area contributed by atoms with Gasteiger partial charge in [-0.1, -0.05) is 68.0 Å². The van der Waals surface area contributed by atoms with Gasteiger partial charge in [-0.2, -0.15) is 0 Å². The molecule has 1 aliphatic carbocycles. The van der Waals surface area contributed by atoms with Crippen molar-refractivity contribution in [2.45, 2.75) is 127 Å². The summed E-state index contributed by atoms with van der Waals surface area (Å²) in [7, 11) is 0. The van der Waals surface area contributed by atoms with Crippen molar-refractivity contribution in [3.05, 3.63) is 70.5 Å². The number of aromatic nitrogens is 2. The number of carbonyl (C=O) groups excluding carboxylic acids is 3. The summed E-state index contributed by atoms with van der Waals surface area (Å²) in [6, 6.07) is 16.2. The van der Waals surface area contributed by atoms with Gasteiger partial charge in [0.2, 0.25) is 0 Å². The smallest absolute Gasteiger partial charge is 0.274 e. The summed E-state index contributed by atoms with van der Waals surface area (Å²) in [5.41, 5.74) is 14.2. The minimum Gasteiger partial charge on any atom is -0.484 e. The van der Waals surface area contributed by atoms with Crippen LogP contribution in [0.15, 0.2) is 48.5 Å². The summed E-state index contributed by atoms with van der Waals surface area (Å²) in [5, 5.41) is 22.6. The number of nitrogens with two attached hydrogens (primary N) is 2. The maximum absolute atomic E-state index is 13.2. The van der Waals surface area contributed by atoms with E-state index in [0.717, 1.165) is 83.5 Å². The molecule has 0 radical (unpaired) electrons. The first-order chi connectivity index (χ1) is 30.0. The van der Waals surface area contributed by atoms with Gasteiger partial charge in [0.1, 0.15) is 11.5 Å². The molecule has 3 atom stereocenters. The Bertz CT molecular complexity index is 1890. The molecule has 3 aliphatic rings. The largest absolute Gasteiger partial charge is 0.484 e. The molecule has 1 aromatic heterocycles. The number of carbonyl (C=O) groups is 3. The Morgan fingerprint density at radius 3 is 1.77 bits per heavy atom. The topological polar surface area (TPSA) is 206 Å². The van der Waals surface area contributed by atoms with Crippen LogP contribution in [0.1, 0.15) is 118 Å². The second kappa shape index (κ2) is 23.7. The van der Waals surface area contributed by atoms with Crippen molar-refractivity contribution in [1.82, 2.24) is 25.1 Å². The Morgan fingerprint density at radius 1 is 0.677 bits per heavy atom. The monoisotopic (exact) mass is 875 g/mol. The molecule has 3 amide bonds. The lowest BCUT2D eigenvalue weighted by molar-refractivity contribution is -0.136. The van der Waals surface area contributed by atoms with E-state index in [9.17, 15) is 24.6 Å². The van der Waals surface area contributed by atoms with E-state index in [1.165, 1.54) is 11.1 Å². The fourth-order valence-corrected chi connectivity index (χ4v) is 9.24. The summed E-state index contributed by atoms with van der Waals surface area (Å²) in [6.45, 7) is 2.28. The van der Waals surface area contributed by atoms with Gasteiger partial charge in [-0.15, -0.1) is 0 Å². The minimum absolute atomic E-state index is 0.00157. The second-order valence-corrected chi connectivity index (χ2v) is 17.8. The van der Waals surface area contributed by atoms with Crippen molar-refractivity contribution >= 4 is 41.0 Å². The van der Waals surface area contributed by atoms with E-state index in [1.54, 1.807) is 9.80 Å². The average Bonchev–Trinajstić information content (AvgIpc) is 3.51. The standard InChI is InChI=1S/C47H66ClN7O7/c48-44-46(50)53-45(49)43(52-44)47(60)51-36-11-5-10-35(16-17-36)34(9-4-7-33-14-20-40(21-15-33)62-31-42(59)55-28-24-38(57)25-29-55)8-3-1-2-6-32-12-18-39(19-13-32)61-30-41(58)54-26-22-37(56)23-27-54/h12-15,18-21,34-38,56-57H,1-11,16-17,22-31H2,(H,51,60)(H4,49,50,53)/t34?,35?,36-/m0/s1. The number of piperidine rings is 2. The van der Waals surface area contributed by atoms with Crippen LogP contribution in [0.5, 0.6) is 11.5 Å². The van der Waals surface area contributed by atoms with E-state index in [0.29, 0.717) is 75.2 Å². The molecule has 15 heteroatoms. The van der Waals surface area contributed by atoms with Gasteiger partial charge in [0.25, 0.3) is 17.7 Å². The lowest BCUT2D eigenvalue weighted by atomic mass is 9.79. The number of rotatable bonds is 19. The number of amides is 3. The number of aliphatic hydroxyl groups is 2. The van der Waals surface area contributed by atoms with Gasteiger partial charge in [0.05, 0.1) is 12.2 Å². The van der Waals surface area contributed by atoms with E-state index in [-0.39, 0.29) is 71.7 Å². The molecule has 2 aliphatic heterocycles. The number of likely N-dealkylation sites (tertiary alicyclic amines) is 2. The number of nitrogen functional groups attached to an aromatic ring is 2. The number of nitrogens with one attached hydrogen (secondary N) is 1. The van der Waals surface area contributed by atoms with E-state index in [2.05, 4.69) is 39.6 Å². The van der Waals surface area contributed by atoms with Crippen LogP contribution in [0, 0.1) is 11.8 Å². The van der Waals surface area contributed by atoms with Crippen LogP contribution in [-0.4, -0.2) is 105 Å². The normalized spacial score (nSPS) is 19.4. The molecule has 3 heterocycles. The third kappa shape index (κ3) is 14.5. The maximum atomic E-state index is 13.2. The van der Waals surface area contributed by atoms with E-state index < -0.39 is 0 Å². The first-order valence-corrected chi connectivity index (χ1v) is 23.1. The molecule has 62 heavy (non-hydrogen) atoms. The number of halogens is 1. The van der Waals surface area contributed by atoms with Crippen LogP contribution in [0.2, 0.25) is 5.15 Å². The van der Waals surface area contributed by atoms with Gasteiger partial charge >= 0.3 is 0 Å². The molecule has 3 aromatic rings. The molecule has 2 saturated heterocycles. The van der Waals surface area contributed by atoms with Gasteiger partial charge in [-0.05, 0) is 124 Å². The number of anilines is 2. The average molecular weight is 877 g/mol. The first-order valence-electron chi connectivity index (χ1n) is 22.7. The second-order valence-electron chi connectivity index (χ2n) is 17.4. The fourth-order valence-electron chi connectivity index (χ4n) is 9.11. The van der Waals surface area contributed by atoms with Crippen LogP contribution in [0.3, 0.4) is 0 Å². The summed E-state index contributed by atoms with van der Waals surface area (Å²) in [4.78, 5) is 49.9. The number of hydrogen-bond acceptors (Lipinski definition) is 11. The summed E-state index contributed by atoms with van der Waals surface area (Å²) >= 11 is 6.05. The highest BCUT2D eigenvalue weighted by Gasteiger charge is 2.28. The zero-order valence-electron chi connectivity index (χ0n) is 36.0. The van der Waals surface area contributed by atoms with E-state index >= 15 is 0 Å². The van der Waals surface area contributed by atoms with Crippen molar-refractivity contribution in [1.29, 1.82) is 0 Å². The molecule has 3 fully saturated rings. The lowest BCUT2D eigenvalue weighted by Crippen LogP contribution is -2.42. The number of aryl methyl sites for hydroxylation is 2. The highest BCUT2D eigenvalue weighted by atomic mass is 35.5. The Morgan fingerprint density at radius 2 is 1.21 bits per heavy atom. The van der Waals surface area contributed by atoms with Crippen LogP contribution >= 0.6 is 11.6 Å². The van der Waals surface area contributed by atoms with Crippen LogP contribution < -0.4 is 26.3 Å². The number of aliphatic hydroxyl groups excluding tert-OH is 2. The third-order valence-corrected chi connectivity index (χ3v) is 13.2. The molecule has 2 aromatic carbocycles. The molecule has 6 rings (SSSR count). The predicted octanol–water partition coefficient (Wildman–Crippen LogP) is 6.14. The molecule has 0 bridgehead atoms. The van der Waals surface area contributed by atoms with Gasteiger partial charge in [-0.25, -0.2) is 9.97 Å². The molecule has 2 unspecified atom stereocenters. The molecular formula is C47H66ClN7O7. The predicted molar refractivity (Wildman–Crippen MR) is 240 cm³/mol. The lowest BCUT2D eigenvalue weighted by Gasteiger charge is -2.29. The fraction of sp³-hybridized carbons (Fsp3) is 0.596. The highest BCUT2D eigenvalue weighted by molar-refractivity contribution is 6.31. The Kier molecular flexibility index (Phi) is 17.9. The van der Waals surface area contributed by atoms with E-state index in [1.807, 2.05) is 24.3 Å². The van der Waals surface area contributed by atoms with Crippen LogP contribution in [0.4, 0.5) is 11.6 Å². The summed E-state index contributed by atoms with van der Waals surface area (Å²) in [5.74, 6) is 1.99. The first kappa shape index (κ1) is 46.8. The highest BCUT2D eigenvalue weighted by Crippen LogP contribution is 2.36. The van der Waals surface area contributed by atoms with Crippen LogP contribution in [0.25, 0.3) is 0 Å². The van der Waals surface area contributed by atoms with Crippen molar-refractivity contribution < 1.29 is 34.1 Å². The molecule has 338 valence electrons. The number of nitrogens with zero attached hydrogens (tertiary/aromatic N) is 4. The third-order valence-electron chi connectivity index (χ3n) is 12.9. The molecule has 0 spiro atoms. The number of benzene rings is 2. The molecular weight excluding hydrogens is 810 g/mol. The van der Waals surface area contributed by atoms with Crippen molar-refractivity contribution in [3.8, 4) is 11.5 Å². The van der Waals surface area contributed by atoms with Gasteiger partial charge in [0, 0.05) is 32.2 Å². The Hall–Kier alpha value is -4.66. The Balaban J connectivity index is 0.966. The number of unbranched alkanes of at least 4 members (excludes halogenated alkanes) is 2. The zero-order valence-corrected chi connectivity index (χ0v) is 36.8. The van der Waals surface area contributed by atoms with Gasteiger partial charge in [0.15, 0.2) is 35.7 Å². The number of hydrogen-bond donors (Lipinski definition) is 5. The van der Waals surface area contributed by atoms with Crippen molar-refractivity contribution in [3.63, 3.8) is 0 Å².